The molecule has 5 nitrogen and oxygen atoms in total. The van der Waals surface area contributed by atoms with E-state index in [9.17, 15) is 4.79 Å². The van der Waals surface area contributed by atoms with E-state index in [1.165, 1.54) is 12.1 Å². The lowest BCUT2D eigenvalue weighted by atomic mass is 10.2. The Labute approximate surface area is 91.4 Å². The molecular formula is C9H8ClN3O2. The summed E-state index contributed by atoms with van der Waals surface area (Å²) < 4.78 is 5.05. The Balaban J connectivity index is 2.68. The number of hydrogen-bond acceptors (Lipinski definition) is 4. The molecule has 6 heteroatoms. The van der Waals surface area contributed by atoms with Gasteiger partial charge in [0.05, 0.1) is 10.6 Å². The highest BCUT2D eigenvalue weighted by Gasteiger charge is 2.03. The second-order valence-electron chi connectivity index (χ2n) is 2.61. The van der Waals surface area contributed by atoms with Gasteiger partial charge in [0.25, 0.3) is 5.91 Å². The van der Waals surface area contributed by atoms with E-state index in [-0.39, 0.29) is 11.6 Å². The lowest BCUT2D eigenvalue weighted by molar-refractivity contribution is -0.123. The maximum Gasteiger partial charge on any atom is 0.271 e. The van der Waals surface area contributed by atoms with Crippen LogP contribution in [0.2, 0.25) is 5.02 Å². The number of nitriles is 1. The fourth-order valence-electron chi connectivity index (χ4n) is 0.867. The minimum absolute atomic E-state index is 0.196. The molecule has 0 aliphatic carbocycles. The normalized spacial score (nSPS) is 9.13. The monoisotopic (exact) mass is 225 g/mol. The first-order valence-corrected chi connectivity index (χ1v) is 4.37. The quantitative estimate of drug-likeness (QED) is 0.448. The Morgan fingerprint density at radius 2 is 2.40 bits per heavy atom. The number of hydrazine groups is 1. The van der Waals surface area contributed by atoms with Crippen LogP contribution in [-0.2, 0) is 4.79 Å². The van der Waals surface area contributed by atoms with Crippen molar-refractivity contribution in [1.29, 1.82) is 5.26 Å². The van der Waals surface area contributed by atoms with Gasteiger partial charge in [-0.3, -0.25) is 10.2 Å². The van der Waals surface area contributed by atoms with Crippen molar-refractivity contribution in [3.05, 3.63) is 28.8 Å². The van der Waals surface area contributed by atoms with Gasteiger partial charge in [0.15, 0.2) is 6.61 Å². The average molecular weight is 226 g/mol. The van der Waals surface area contributed by atoms with E-state index in [2.05, 4.69) is 0 Å². The van der Waals surface area contributed by atoms with Gasteiger partial charge in [0.1, 0.15) is 11.8 Å². The lowest BCUT2D eigenvalue weighted by Crippen LogP contribution is -2.34. The highest BCUT2D eigenvalue weighted by atomic mass is 35.5. The van der Waals surface area contributed by atoms with E-state index in [4.69, 9.17) is 27.4 Å². The molecule has 0 radical (unpaired) electrons. The molecule has 0 unspecified atom stereocenters. The van der Waals surface area contributed by atoms with Crippen LogP contribution in [0.3, 0.4) is 0 Å². The van der Waals surface area contributed by atoms with Crippen molar-refractivity contribution in [2.75, 3.05) is 6.61 Å². The first-order valence-electron chi connectivity index (χ1n) is 3.99. The van der Waals surface area contributed by atoms with Crippen LogP contribution in [0.15, 0.2) is 18.2 Å². The average Bonchev–Trinajstić information content (AvgIpc) is 2.26. The van der Waals surface area contributed by atoms with E-state index >= 15 is 0 Å². The maximum absolute atomic E-state index is 10.7. The van der Waals surface area contributed by atoms with Crippen molar-refractivity contribution in [2.24, 2.45) is 5.84 Å². The molecule has 0 aliphatic rings. The molecule has 0 fully saturated rings. The molecule has 0 atom stereocenters. The third kappa shape index (κ3) is 3.13. The molecule has 1 rings (SSSR count). The van der Waals surface area contributed by atoms with Crippen LogP contribution < -0.4 is 16.0 Å². The smallest absolute Gasteiger partial charge is 0.271 e. The SMILES string of the molecule is N#Cc1ccc(OCC(=O)NN)cc1Cl. The van der Waals surface area contributed by atoms with E-state index in [0.717, 1.165) is 0 Å². The van der Waals surface area contributed by atoms with Gasteiger partial charge in [-0.25, -0.2) is 5.84 Å². The number of carbonyl (C=O) groups is 1. The zero-order valence-corrected chi connectivity index (χ0v) is 8.41. The van der Waals surface area contributed by atoms with Crippen LogP contribution in [0, 0.1) is 11.3 Å². The zero-order valence-electron chi connectivity index (χ0n) is 7.66. The highest BCUT2D eigenvalue weighted by Crippen LogP contribution is 2.21. The van der Waals surface area contributed by atoms with Crippen molar-refractivity contribution in [3.63, 3.8) is 0 Å². The fourth-order valence-corrected chi connectivity index (χ4v) is 1.08. The van der Waals surface area contributed by atoms with Gasteiger partial charge in [-0.05, 0) is 12.1 Å². The summed E-state index contributed by atoms with van der Waals surface area (Å²) in [4.78, 5) is 10.7. The van der Waals surface area contributed by atoms with Crippen molar-refractivity contribution >= 4 is 17.5 Å². The Kier molecular flexibility index (Phi) is 3.92. The molecular weight excluding hydrogens is 218 g/mol. The Morgan fingerprint density at radius 1 is 1.67 bits per heavy atom. The van der Waals surface area contributed by atoms with Crippen LogP contribution in [0.1, 0.15) is 5.56 Å². The van der Waals surface area contributed by atoms with Crippen LogP contribution in [-0.4, -0.2) is 12.5 Å². The molecule has 3 N–H and O–H groups in total. The molecule has 1 amide bonds. The largest absolute Gasteiger partial charge is 0.484 e. The number of ether oxygens (including phenoxy) is 1. The summed E-state index contributed by atoms with van der Waals surface area (Å²) in [5.41, 5.74) is 2.28. The Bertz CT molecular complexity index is 414. The summed E-state index contributed by atoms with van der Waals surface area (Å²) in [6, 6.07) is 6.44. The van der Waals surface area contributed by atoms with Gasteiger partial charge in [-0.15, -0.1) is 0 Å². The third-order valence-corrected chi connectivity index (χ3v) is 1.90. The molecule has 15 heavy (non-hydrogen) atoms. The third-order valence-electron chi connectivity index (χ3n) is 1.59. The second kappa shape index (κ2) is 5.20. The van der Waals surface area contributed by atoms with Crippen LogP contribution in [0.4, 0.5) is 0 Å². The number of rotatable bonds is 3. The van der Waals surface area contributed by atoms with Gasteiger partial charge >= 0.3 is 0 Å². The fraction of sp³-hybridized carbons (Fsp3) is 0.111. The summed E-state index contributed by atoms with van der Waals surface area (Å²) in [7, 11) is 0. The van der Waals surface area contributed by atoms with Gasteiger partial charge in [-0.1, -0.05) is 11.6 Å². The molecule has 0 saturated carbocycles. The number of halogens is 1. The van der Waals surface area contributed by atoms with Crippen LogP contribution >= 0.6 is 11.6 Å². The molecule has 0 aromatic heterocycles. The number of carbonyl (C=O) groups excluding carboxylic acids is 1. The standard InChI is InChI=1S/C9H8ClN3O2/c10-8-3-7(2-1-6(8)4-11)15-5-9(14)13-12/h1-3H,5,12H2,(H,13,14). The molecule has 0 heterocycles. The van der Waals surface area contributed by atoms with Gasteiger partial charge in [0, 0.05) is 6.07 Å². The van der Waals surface area contributed by atoms with E-state index in [1.54, 1.807) is 6.07 Å². The predicted molar refractivity (Wildman–Crippen MR) is 54.0 cm³/mol. The predicted octanol–water partition coefficient (Wildman–Crippen LogP) is 0.580. The van der Waals surface area contributed by atoms with Crippen LogP contribution in [0.25, 0.3) is 0 Å². The number of benzene rings is 1. The Morgan fingerprint density at radius 3 is 2.93 bits per heavy atom. The van der Waals surface area contributed by atoms with Crippen molar-refractivity contribution in [1.82, 2.24) is 5.43 Å². The topological polar surface area (TPSA) is 88.1 Å². The van der Waals surface area contributed by atoms with Crippen molar-refractivity contribution < 1.29 is 9.53 Å². The zero-order chi connectivity index (χ0) is 11.3. The van der Waals surface area contributed by atoms with Crippen molar-refractivity contribution in [2.45, 2.75) is 0 Å². The summed E-state index contributed by atoms with van der Waals surface area (Å²) in [5.74, 6) is 4.82. The number of nitrogens with two attached hydrogens (primary N) is 1. The molecule has 0 spiro atoms. The van der Waals surface area contributed by atoms with Gasteiger partial charge in [0.2, 0.25) is 0 Å². The number of amides is 1. The molecule has 0 saturated heterocycles. The summed E-state index contributed by atoms with van der Waals surface area (Å²) in [6.07, 6.45) is 0. The summed E-state index contributed by atoms with van der Waals surface area (Å²) in [5, 5.41) is 8.89. The molecule has 1 aromatic rings. The minimum atomic E-state index is -0.449. The maximum atomic E-state index is 10.7. The number of nitrogens with zero attached hydrogens (tertiary/aromatic N) is 1. The van der Waals surface area contributed by atoms with Gasteiger partial charge < -0.3 is 4.74 Å². The number of nitrogens with one attached hydrogen (secondary N) is 1. The lowest BCUT2D eigenvalue weighted by Gasteiger charge is -2.05. The van der Waals surface area contributed by atoms with E-state index in [1.807, 2.05) is 11.5 Å². The molecule has 1 aromatic carbocycles. The Hall–Kier alpha value is -1.77. The molecule has 0 aliphatic heterocycles. The minimum Gasteiger partial charge on any atom is -0.484 e. The van der Waals surface area contributed by atoms with E-state index in [0.29, 0.717) is 11.3 Å². The number of hydrogen-bond donors (Lipinski definition) is 2. The van der Waals surface area contributed by atoms with Gasteiger partial charge in [-0.2, -0.15) is 5.26 Å². The van der Waals surface area contributed by atoms with Crippen LogP contribution in [0.5, 0.6) is 5.75 Å². The molecule has 78 valence electrons. The summed E-state index contributed by atoms with van der Waals surface area (Å²) >= 11 is 5.75. The molecule has 0 bridgehead atoms. The highest BCUT2D eigenvalue weighted by molar-refractivity contribution is 6.31. The summed E-state index contributed by atoms with van der Waals surface area (Å²) in [6.45, 7) is -0.196. The second-order valence-corrected chi connectivity index (χ2v) is 3.02. The van der Waals surface area contributed by atoms with E-state index < -0.39 is 5.91 Å². The first kappa shape index (κ1) is 11.3. The first-order chi connectivity index (χ1) is 7.17. The van der Waals surface area contributed by atoms with Crippen molar-refractivity contribution in [3.8, 4) is 11.8 Å².